The second kappa shape index (κ2) is 18.9. The lowest BCUT2D eigenvalue weighted by molar-refractivity contribution is -0.121. The third-order valence-electron chi connectivity index (χ3n) is 9.31. The number of unbranched alkanes of at least 4 members (excludes halogenated alkanes) is 1. The highest BCUT2D eigenvalue weighted by molar-refractivity contribution is 6.08. The molecule has 50 heavy (non-hydrogen) atoms. The number of nitrogens with one attached hydrogen (secondary N) is 2. The molecule has 2 heterocycles. The number of likely N-dealkylation sites (tertiary alicyclic amines) is 1. The van der Waals surface area contributed by atoms with Gasteiger partial charge in [-0.3, -0.25) is 9.59 Å². The molecule has 1 aliphatic heterocycles. The van der Waals surface area contributed by atoms with E-state index in [-0.39, 0.29) is 18.3 Å². The first kappa shape index (κ1) is 36.5. The summed E-state index contributed by atoms with van der Waals surface area (Å²) in [4.78, 5) is 47.1. The van der Waals surface area contributed by atoms with E-state index in [1.54, 1.807) is 0 Å². The van der Waals surface area contributed by atoms with E-state index in [4.69, 9.17) is 14.5 Å². The Labute approximate surface area is 295 Å². The zero-order valence-corrected chi connectivity index (χ0v) is 29.4. The number of pyridine rings is 1. The zero-order valence-electron chi connectivity index (χ0n) is 29.4. The Morgan fingerprint density at radius 2 is 1.74 bits per heavy atom. The Morgan fingerprint density at radius 3 is 2.50 bits per heavy atom. The number of ketones is 1. The number of aromatic nitrogens is 1. The molecule has 1 fully saturated rings. The van der Waals surface area contributed by atoms with Crippen LogP contribution < -0.4 is 15.4 Å². The molecule has 0 spiro atoms. The number of para-hydroxylation sites is 1. The van der Waals surface area contributed by atoms with Gasteiger partial charge in [-0.05, 0) is 107 Å². The fourth-order valence-corrected chi connectivity index (χ4v) is 6.47. The van der Waals surface area contributed by atoms with Crippen LogP contribution >= 0.6 is 0 Å². The molecule has 2 unspecified atom stereocenters. The molecule has 1 aromatic heterocycles. The van der Waals surface area contributed by atoms with Gasteiger partial charge in [-0.2, -0.15) is 0 Å². The van der Waals surface area contributed by atoms with Crippen molar-refractivity contribution in [3.63, 3.8) is 0 Å². The van der Waals surface area contributed by atoms with Gasteiger partial charge in [0.15, 0.2) is 5.78 Å². The summed E-state index contributed by atoms with van der Waals surface area (Å²) in [5.74, 6) is 0.522. The molecular weight excluding hydrogens is 628 g/mol. The van der Waals surface area contributed by atoms with Gasteiger partial charge in [0.25, 0.3) is 5.91 Å². The molecule has 0 saturated carbocycles. The molecule has 1 saturated heterocycles. The summed E-state index contributed by atoms with van der Waals surface area (Å²) in [7, 11) is 2.15. The number of hydrogen-bond donors (Lipinski definition) is 2. The van der Waals surface area contributed by atoms with Crippen LogP contribution in [0.5, 0.6) is 5.75 Å². The van der Waals surface area contributed by atoms with E-state index in [1.807, 2.05) is 84.9 Å². The van der Waals surface area contributed by atoms with Crippen LogP contribution in [0.15, 0.2) is 84.9 Å². The van der Waals surface area contributed by atoms with Gasteiger partial charge in [0.05, 0.1) is 29.4 Å². The predicted octanol–water partition coefficient (Wildman–Crippen LogP) is 7.72. The third kappa shape index (κ3) is 10.6. The number of amides is 2. The van der Waals surface area contributed by atoms with Crippen molar-refractivity contribution in [2.45, 2.75) is 83.4 Å². The van der Waals surface area contributed by atoms with Crippen LogP contribution in [0, 0.1) is 0 Å². The normalized spacial score (nSPS) is 15.0. The van der Waals surface area contributed by atoms with Crippen LogP contribution in [0.4, 0.5) is 4.79 Å². The lowest BCUT2D eigenvalue weighted by Gasteiger charge is -2.21. The van der Waals surface area contributed by atoms with Crippen molar-refractivity contribution in [2.75, 3.05) is 26.7 Å². The first-order chi connectivity index (χ1) is 24.4. The van der Waals surface area contributed by atoms with Crippen molar-refractivity contribution < 1.29 is 23.9 Å². The smallest absolute Gasteiger partial charge is 0.407 e. The van der Waals surface area contributed by atoms with E-state index in [9.17, 15) is 14.4 Å². The number of carbonyl (C=O) groups excluding carboxylic acids is 3. The molecule has 2 N–H and O–H groups in total. The maximum Gasteiger partial charge on any atom is 0.407 e. The molecule has 1 aliphatic rings. The Hall–Kier alpha value is -4.76. The highest BCUT2D eigenvalue weighted by atomic mass is 16.5. The fourth-order valence-electron chi connectivity index (χ4n) is 6.47. The van der Waals surface area contributed by atoms with Gasteiger partial charge >= 0.3 is 6.09 Å². The van der Waals surface area contributed by atoms with Crippen LogP contribution in [0.2, 0.25) is 0 Å². The van der Waals surface area contributed by atoms with E-state index >= 15 is 0 Å². The van der Waals surface area contributed by atoms with Crippen molar-refractivity contribution in [1.82, 2.24) is 20.5 Å². The van der Waals surface area contributed by atoms with Crippen molar-refractivity contribution in [2.24, 2.45) is 0 Å². The molecule has 3 aromatic carbocycles. The quantitative estimate of drug-likeness (QED) is 0.104. The average Bonchev–Trinajstić information content (AvgIpc) is 3.56. The number of fused-ring (bicyclic) bond motifs is 1. The molecule has 4 aromatic rings. The average molecular weight is 679 g/mol. The van der Waals surface area contributed by atoms with Crippen LogP contribution in [-0.4, -0.2) is 66.5 Å². The maximum absolute atomic E-state index is 14.0. The minimum Gasteiger partial charge on any atom is -0.494 e. The Kier molecular flexibility index (Phi) is 13.8. The van der Waals surface area contributed by atoms with E-state index in [0.717, 1.165) is 54.5 Å². The molecule has 0 radical (unpaired) electrons. The van der Waals surface area contributed by atoms with E-state index in [2.05, 4.69) is 29.5 Å². The zero-order chi connectivity index (χ0) is 35.1. The predicted molar refractivity (Wildman–Crippen MR) is 197 cm³/mol. The summed E-state index contributed by atoms with van der Waals surface area (Å²) >= 11 is 0. The number of hydrogen-bond acceptors (Lipinski definition) is 7. The number of rotatable bonds is 18. The number of nitrogens with zero attached hydrogens (tertiary/aromatic N) is 2. The van der Waals surface area contributed by atoms with Gasteiger partial charge in [0.2, 0.25) is 0 Å². The van der Waals surface area contributed by atoms with Crippen LogP contribution in [-0.2, 0) is 16.1 Å². The van der Waals surface area contributed by atoms with Crippen molar-refractivity contribution in [3.05, 3.63) is 96.1 Å². The SMILES string of the molecule is CCCOc1ccc(-c2cc(C(=O)NC(CCCCNC(=O)OCc3ccccc3)C(=O)CCCC3CCCN3C)c3ccccc3n2)cc1. The largest absolute Gasteiger partial charge is 0.494 e. The van der Waals surface area contributed by atoms with E-state index in [0.29, 0.717) is 61.7 Å². The number of carbonyl (C=O) groups is 3. The van der Waals surface area contributed by atoms with Gasteiger partial charge in [0, 0.05) is 30.0 Å². The van der Waals surface area contributed by atoms with Gasteiger partial charge in [-0.15, -0.1) is 0 Å². The van der Waals surface area contributed by atoms with E-state index in [1.165, 1.54) is 6.42 Å². The lowest BCUT2D eigenvalue weighted by Crippen LogP contribution is -2.41. The number of ether oxygens (including phenoxy) is 2. The maximum atomic E-state index is 14.0. The van der Waals surface area contributed by atoms with Gasteiger partial charge < -0.3 is 25.0 Å². The molecule has 5 rings (SSSR count). The molecule has 2 atom stereocenters. The second-order valence-corrected chi connectivity index (χ2v) is 13.1. The molecule has 0 bridgehead atoms. The first-order valence-electron chi connectivity index (χ1n) is 18.0. The first-order valence-corrected chi connectivity index (χ1v) is 18.0. The minimum atomic E-state index is -0.640. The molecular formula is C41H50N4O5. The Morgan fingerprint density at radius 1 is 0.960 bits per heavy atom. The summed E-state index contributed by atoms with van der Waals surface area (Å²) < 4.78 is 11.1. The van der Waals surface area contributed by atoms with E-state index < -0.39 is 12.1 Å². The number of alkyl carbamates (subject to hydrolysis) is 1. The van der Waals surface area contributed by atoms with Crippen molar-refractivity contribution in [1.29, 1.82) is 0 Å². The Bertz CT molecular complexity index is 1690. The number of benzene rings is 3. The van der Waals surface area contributed by atoms with Crippen molar-refractivity contribution >= 4 is 28.7 Å². The third-order valence-corrected chi connectivity index (χ3v) is 9.31. The summed E-state index contributed by atoms with van der Waals surface area (Å²) in [5, 5.41) is 6.62. The summed E-state index contributed by atoms with van der Waals surface area (Å²) in [6, 6.07) is 26.5. The summed E-state index contributed by atoms with van der Waals surface area (Å²) in [6.07, 6.45) is 6.75. The summed E-state index contributed by atoms with van der Waals surface area (Å²) in [5.41, 5.74) is 3.64. The second-order valence-electron chi connectivity index (χ2n) is 13.1. The number of Topliss-reactive ketones (excluding diaryl/α,β-unsaturated/α-hetero) is 1. The van der Waals surface area contributed by atoms with Crippen LogP contribution in [0.3, 0.4) is 0 Å². The highest BCUT2D eigenvalue weighted by Crippen LogP contribution is 2.27. The van der Waals surface area contributed by atoms with Gasteiger partial charge in [0.1, 0.15) is 12.4 Å². The highest BCUT2D eigenvalue weighted by Gasteiger charge is 2.25. The summed E-state index contributed by atoms with van der Waals surface area (Å²) in [6.45, 7) is 4.43. The molecule has 0 aliphatic carbocycles. The van der Waals surface area contributed by atoms with Gasteiger partial charge in [-0.1, -0.05) is 55.5 Å². The fraction of sp³-hybridized carbons (Fsp3) is 0.415. The standard InChI is InChI=1S/C41H50N4O5/c1-3-27-49-33-23-21-31(22-24-33)38-28-35(34-17-7-8-18-36(34)43-38)40(47)44-37(39(46)20-11-15-32-16-12-26-45(32)2)19-9-10-25-42-41(48)50-29-30-13-5-4-6-14-30/h4-8,13-14,17-18,21-24,28,32,37H,3,9-12,15-16,19-20,25-27,29H2,1-2H3,(H,42,48)(H,44,47). The topological polar surface area (TPSA) is 110 Å². The van der Waals surface area contributed by atoms with Gasteiger partial charge in [-0.25, -0.2) is 9.78 Å². The Balaban J connectivity index is 1.24. The molecule has 9 nitrogen and oxygen atoms in total. The van der Waals surface area contributed by atoms with Crippen molar-refractivity contribution in [3.8, 4) is 17.0 Å². The van der Waals surface area contributed by atoms with Crippen LogP contribution in [0.1, 0.15) is 80.6 Å². The minimum absolute atomic E-state index is 0.0375. The molecule has 9 heteroatoms. The van der Waals surface area contributed by atoms with Crippen LogP contribution in [0.25, 0.3) is 22.2 Å². The molecule has 2 amide bonds. The molecule has 264 valence electrons. The monoisotopic (exact) mass is 678 g/mol. The lowest BCUT2D eigenvalue weighted by atomic mass is 9.98.